The van der Waals surface area contributed by atoms with Crippen LogP contribution in [0.2, 0.25) is 0 Å². The van der Waals surface area contributed by atoms with Crippen LogP contribution >= 0.6 is 11.8 Å². The summed E-state index contributed by atoms with van der Waals surface area (Å²) in [5.41, 5.74) is 0.287. The maximum atomic E-state index is 13.0. The molecule has 0 spiro atoms. The van der Waals surface area contributed by atoms with Crippen molar-refractivity contribution < 1.29 is 23.5 Å². The van der Waals surface area contributed by atoms with Gasteiger partial charge in [-0.3, -0.25) is 4.79 Å². The number of aliphatic carboxylic acids is 1. The maximum absolute atomic E-state index is 13.0. The van der Waals surface area contributed by atoms with Crippen LogP contribution in [0.4, 0.5) is 8.78 Å². The van der Waals surface area contributed by atoms with E-state index in [1.807, 2.05) is 6.26 Å². The summed E-state index contributed by atoms with van der Waals surface area (Å²) in [6.07, 6.45) is 1.95. The smallest absolute Gasteiger partial charge is 0.326 e. The molecule has 0 radical (unpaired) electrons. The number of carbonyl (C=O) groups excluding carboxylic acids is 1. The third-order valence-corrected chi connectivity index (χ3v) is 3.24. The molecule has 2 N–H and O–H groups in total. The Hall–Kier alpha value is -1.63. The average molecular weight is 303 g/mol. The lowest BCUT2D eigenvalue weighted by atomic mass is 10.1. The monoisotopic (exact) mass is 303 g/mol. The first-order valence-corrected chi connectivity index (χ1v) is 7.28. The lowest BCUT2D eigenvalue weighted by molar-refractivity contribution is -0.141. The predicted molar refractivity (Wildman–Crippen MR) is 72.6 cm³/mol. The summed E-state index contributed by atoms with van der Waals surface area (Å²) < 4.78 is 25.7. The first kappa shape index (κ1) is 16.4. The minimum atomic E-state index is -1.11. The third-order valence-electron chi connectivity index (χ3n) is 2.59. The van der Waals surface area contributed by atoms with Gasteiger partial charge in [-0.05, 0) is 36.1 Å². The molecule has 0 fully saturated rings. The fraction of sp³-hybridized carbons (Fsp3) is 0.385. The van der Waals surface area contributed by atoms with Gasteiger partial charge in [0.1, 0.15) is 6.04 Å². The molecule has 1 aromatic rings. The second-order valence-corrected chi connectivity index (χ2v) is 5.15. The number of nitrogens with one attached hydrogen (secondary N) is 1. The van der Waals surface area contributed by atoms with E-state index in [-0.39, 0.29) is 12.0 Å². The Kier molecular flexibility index (Phi) is 6.44. The van der Waals surface area contributed by atoms with Gasteiger partial charge in [-0.2, -0.15) is 11.8 Å². The molecule has 0 aromatic heterocycles. The summed E-state index contributed by atoms with van der Waals surface area (Å²) in [5, 5.41) is 11.3. The normalized spacial score (nSPS) is 11.9. The molecule has 110 valence electrons. The van der Waals surface area contributed by atoms with Crippen LogP contribution in [-0.2, 0) is 16.0 Å². The number of carboxylic acid groups (broad SMARTS) is 1. The van der Waals surface area contributed by atoms with E-state index >= 15 is 0 Å². The van der Waals surface area contributed by atoms with Crippen LogP contribution < -0.4 is 5.32 Å². The fourth-order valence-electron chi connectivity index (χ4n) is 1.57. The van der Waals surface area contributed by atoms with Crippen LogP contribution in [-0.4, -0.2) is 35.0 Å². The number of halogens is 2. The number of carboxylic acids is 1. The zero-order chi connectivity index (χ0) is 15.1. The van der Waals surface area contributed by atoms with Crippen molar-refractivity contribution in [2.24, 2.45) is 0 Å². The van der Waals surface area contributed by atoms with Gasteiger partial charge in [0, 0.05) is 0 Å². The molecular weight excluding hydrogens is 288 g/mol. The summed E-state index contributed by atoms with van der Waals surface area (Å²) in [6, 6.07) is 2.17. The van der Waals surface area contributed by atoms with E-state index in [4.69, 9.17) is 5.11 Å². The Bertz CT molecular complexity index is 497. The van der Waals surface area contributed by atoms with Gasteiger partial charge in [-0.15, -0.1) is 0 Å². The SMILES string of the molecule is CSCC[C@@H](NC(=O)Cc1ccc(F)c(F)c1)C(=O)O. The van der Waals surface area contributed by atoms with Gasteiger partial charge in [0.15, 0.2) is 11.6 Å². The van der Waals surface area contributed by atoms with Crippen molar-refractivity contribution in [1.29, 1.82) is 0 Å². The van der Waals surface area contributed by atoms with Crippen LogP contribution in [0.3, 0.4) is 0 Å². The minimum Gasteiger partial charge on any atom is -0.480 e. The van der Waals surface area contributed by atoms with Crippen LogP contribution in [0, 0.1) is 11.6 Å². The van der Waals surface area contributed by atoms with Crippen LogP contribution in [0.1, 0.15) is 12.0 Å². The fourth-order valence-corrected chi connectivity index (χ4v) is 2.04. The molecule has 0 aliphatic carbocycles. The van der Waals surface area contributed by atoms with E-state index in [0.29, 0.717) is 12.2 Å². The summed E-state index contributed by atoms with van der Waals surface area (Å²) in [7, 11) is 0. The molecular formula is C13H15F2NO3S. The molecule has 0 heterocycles. The molecule has 4 nitrogen and oxygen atoms in total. The Morgan fingerprint density at radius 2 is 2.05 bits per heavy atom. The number of carbonyl (C=O) groups is 2. The largest absolute Gasteiger partial charge is 0.480 e. The highest BCUT2D eigenvalue weighted by atomic mass is 32.2. The third kappa shape index (κ3) is 5.16. The lowest BCUT2D eigenvalue weighted by Gasteiger charge is -2.14. The first-order chi connectivity index (χ1) is 9.43. The molecule has 1 amide bonds. The number of amides is 1. The van der Waals surface area contributed by atoms with Crippen molar-refractivity contribution in [2.75, 3.05) is 12.0 Å². The van der Waals surface area contributed by atoms with E-state index in [1.54, 1.807) is 0 Å². The topological polar surface area (TPSA) is 66.4 Å². The lowest BCUT2D eigenvalue weighted by Crippen LogP contribution is -2.41. The summed E-state index contributed by atoms with van der Waals surface area (Å²) >= 11 is 1.48. The molecule has 0 saturated carbocycles. The van der Waals surface area contributed by atoms with E-state index < -0.39 is 29.6 Å². The number of hydrogen-bond acceptors (Lipinski definition) is 3. The van der Waals surface area contributed by atoms with E-state index in [2.05, 4.69) is 5.32 Å². The Morgan fingerprint density at radius 3 is 2.60 bits per heavy atom. The average Bonchev–Trinajstić information content (AvgIpc) is 2.38. The Morgan fingerprint density at radius 1 is 1.35 bits per heavy atom. The second kappa shape index (κ2) is 7.84. The van der Waals surface area contributed by atoms with Gasteiger partial charge in [-0.1, -0.05) is 6.07 Å². The van der Waals surface area contributed by atoms with E-state index in [0.717, 1.165) is 12.1 Å². The van der Waals surface area contributed by atoms with E-state index in [1.165, 1.54) is 17.8 Å². The van der Waals surface area contributed by atoms with Crippen LogP contribution in [0.25, 0.3) is 0 Å². The standard InChI is InChI=1S/C13H15F2NO3S/c1-20-5-4-11(13(18)19)16-12(17)7-8-2-3-9(14)10(15)6-8/h2-3,6,11H,4-5,7H2,1H3,(H,16,17)(H,18,19)/t11-/m1/s1. The molecule has 1 rings (SSSR count). The second-order valence-electron chi connectivity index (χ2n) is 4.17. The molecule has 7 heteroatoms. The molecule has 0 saturated heterocycles. The molecule has 1 aromatic carbocycles. The number of hydrogen-bond donors (Lipinski definition) is 2. The van der Waals surface area contributed by atoms with Crippen LogP contribution in [0.5, 0.6) is 0 Å². The van der Waals surface area contributed by atoms with Crippen molar-refractivity contribution in [3.05, 3.63) is 35.4 Å². The number of benzene rings is 1. The molecule has 0 bridgehead atoms. The van der Waals surface area contributed by atoms with Crippen molar-refractivity contribution in [1.82, 2.24) is 5.32 Å². The Labute approximate surface area is 119 Å². The summed E-state index contributed by atoms with van der Waals surface area (Å²) in [5.74, 6) is -3.07. The minimum absolute atomic E-state index is 0.194. The van der Waals surface area contributed by atoms with Gasteiger partial charge in [0.05, 0.1) is 6.42 Å². The maximum Gasteiger partial charge on any atom is 0.326 e. The van der Waals surface area contributed by atoms with Gasteiger partial charge in [0.2, 0.25) is 5.91 Å². The molecule has 1 atom stereocenters. The zero-order valence-corrected chi connectivity index (χ0v) is 11.7. The van der Waals surface area contributed by atoms with Crippen molar-refractivity contribution >= 4 is 23.6 Å². The molecule has 20 heavy (non-hydrogen) atoms. The van der Waals surface area contributed by atoms with Gasteiger partial charge in [0.25, 0.3) is 0 Å². The van der Waals surface area contributed by atoms with Crippen LogP contribution in [0.15, 0.2) is 18.2 Å². The molecule has 0 aliphatic rings. The number of thioether (sulfide) groups is 1. The van der Waals surface area contributed by atoms with Crippen molar-refractivity contribution in [3.63, 3.8) is 0 Å². The summed E-state index contributed by atoms with van der Waals surface area (Å²) in [4.78, 5) is 22.6. The predicted octanol–water partition coefficient (Wildman–Crippen LogP) is 1.83. The molecule has 0 aliphatic heterocycles. The van der Waals surface area contributed by atoms with Gasteiger partial charge in [-0.25, -0.2) is 13.6 Å². The van der Waals surface area contributed by atoms with Crippen molar-refractivity contribution in [2.45, 2.75) is 18.9 Å². The highest BCUT2D eigenvalue weighted by Crippen LogP contribution is 2.09. The zero-order valence-electron chi connectivity index (χ0n) is 10.9. The summed E-state index contributed by atoms with van der Waals surface area (Å²) in [6.45, 7) is 0. The van der Waals surface area contributed by atoms with Gasteiger partial charge < -0.3 is 10.4 Å². The first-order valence-electron chi connectivity index (χ1n) is 5.89. The van der Waals surface area contributed by atoms with Crippen molar-refractivity contribution in [3.8, 4) is 0 Å². The number of rotatable bonds is 7. The Balaban J connectivity index is 2.60. The molecule has 0 unspecified atom stereocenters. The van der Waals surface area contributed by atoms with E-state index in [9.17, 15) is 18.4 Å². The van der Waals surface area contributed by atoms with Gasteiger partial charge >= 0.3 is 5.97 Å². The highest BCUT2D eigenvalue weighted by molar-refractivity contribution is 7.98. The quantitative estimate of drug-likeness (QED) is 0.806. The highest BCUT2D eigenvalue weighted by Gasteiger charge is 2.19.